The van der Waals surface area contributed by atoms with Crippen LogP contribution in [-0.4, -0.2) is 21.7 Å². The molecule has 0 spiro atoms. The molecule has 0 bridgehead atoms. The van der Waals surface area contributed by atoms with Gasteiger partial charge in [0.25, 0.3) is 11.1 Å². The van der Waals surface area contributed by atoms with Crippen LogP contribution in [0.25, 0.3) is 10.8 Å². The van der Waals surface area contributed by atoms with Crippen molar-refractivity contribution in [3.8, 4) is 10.8 Å². The maximum atomic E-state index is 12.0. The smallest absolute Gasteiger partial charge is 0.276 e. The van der Waals surface area contributed by atoms with Crippen LogP contribution in [0.4, 0.5) is 0 Å². The van der Waals surface area contributed by atoms with E-state index in [2.05, 4.69) is 23.2 Å². The first kappa shape index (κ1) is 17.9. The number of fused-ring (bicyclic) bond motifs is 1. The Labute approximate surface area is 165 Å². The van der Waals surface area contributed by atoms with Gasteiger partial charge >= 0.3 is 0 Å². The van der Waals surface area contributed by atoms with Crippen molar-refractivity contribution >= 4 is 40.2 Å². The van der Waals surface area contributed by atoms with Gasteiger partial charge in [-0.15, -0.1) is 32.9 Å². The van der Waals surface area contributed by atoms with Crippen molar-refractivity contribution < 1.29 is 9.21 Å². The van der Waals surface area contributed by atoms with E-state index in [0.717, 1.165) is 40.7 Å². The minimum absolute atomic E-state index is 0.213. The zero-order chi connectivity index (χ0) is 17.9. The predicted molar refractivity (Wildman–Crippen MR) is 107 cm³/mol. The molecular weight excluding hydrogens is 384 g/mol. The summed E-state index contributed by atoms with van der Waals surface area (Å²) in [7, 11) is 0. The average molecular weight is 405 g/mol. The number of nitrogens with zero attached hydrogens (tertiary/aromatic N) is 2. The van der Waals surface area contributed by atoms with E-state index in [1.54, 1.807) is 11.3 Å². The van der Waals surface area contributed by atoms with E-state index < -0.39 is 0 Å². The van der Waals surface area contributed by atoms with Crippen LogP contribution < -0.4 is 0 Å². The largest absolute Gasteiger partial charge is 0.410 e. The van der Waals surface area contributed by atoms with E-state index in [1.807, 2.05) is 17.5 Å². The highest BCUT2D eigenvalue weighted by Gasteiger charge is 2.21. The SMILES string of the molecule is C[C@H]1CCc2sc(-c3nnc(SCCCC(=O)c4cccs4)o3)cc2C1. The quantitative estimate of drug-likeness (QED) is 0.285. The summed E-state index contributed by atoms with van der Waals surface area (Å²) in [6, 6.07) is 6.01. The maximum Gasteiger partial charge on any atom is 0.276 e. The summed E-state index contributed by atoms with van der Waals surface area (Å²) in [5.41, 5.74) is 1.45. The second-order valence-corrected chi connectivity index (χ2v) is 9.76. The molecule has 3 heterocycles. The third-order valence-corrected chi connectivity index (χ3v) is 7.56. The fraction of sp³-hybridized carbons (Fsp3) is 0.421. The van der Waals surface area contributed by atoms with Crippen molar-refractivity contribution in [1.82, 2.24) is 10.2 Å². The monoisotopic (exact) mass is 404 g/mol. The molecule has 7 heteroatoms. The van der Waals surface area contributed by atoms with Gasteiger partial charge in [0.05, 0.1) is 9.75 Å². The Balaban J connectivity index is 1.30. The molecule has 0 aromatic carbocycles. The molecule has 1 aliphatic carbocycles. The van der Waals surface area contributed by atoms with Gasteiger partial charge in [-0.05, 0) is 54.7 Å². The topological polar surface area (TPSA) is 56.0 Å². The van der Waals surface area contributed by atoms with Gasteiger partial charge < -0.3 is 4.42 Å². The van der Waals surface area contributed by atoms with E-state index in [9.17, 15) is 4.79 Å². The lowest BCUT2D eigenvalue weighted by molar-refractivity contribution is 0.0986. The second kappa shape index (κ2) is 8.06. The Hall–Kier alpha value is -1.44. The molecule has 3 aromatic rings. The Morgan fingerprint density at radius 3 is 3.19 bits per heavy atom. The minimum Gasteiger partial charge on any atom is -0.410 e. The number of hydrogen-bond donors (Lipinski definition) is 0. The van der Waals surface area contributed by atoms with Crippen LogP contribution >= 0.6 is 34.4 Å². The average Bonchev–Trinajstić information content (AvgIpc) is 3.37. The highest BCUT2D eigenvalue weighted by atomic mass is 32.2. The lowest BCUT2D eigenvalue weighted by atomic mass is 9.90. The van der Waals surface area contributed by atoms with Crippen molar-refractivity contribution in [3.63, 3.8) is 0 Å². The van der Waals surface area contributed by atoms with Crippen LogP contribution in [-0.2, 0) is 12.8 Å². The Morgan fingerprint density at radius 1 is 1.42 bits per heavy atom. The van der Waals surface area contributed by atoms with Crippen molar-refractivity contribution in [2.45, 2.75) is 44.3 Å². The molecule has 0 radical (unpaired) electrons. The van der Waals surface area contributed by atoms with Crippen molar-refractivity contribution in [1.29, 1.82) is 0 Å². The first-order valence-electron chi connectivity index (χ1n) is 8.84. The molecule has 4 rings (SSSR count). The number of Topliss-reactive ketones (excluding diaryl/α,β-unsaturated/α-hetero) is 1. The first-order valence-corrected chi connectivity index (χ1v) is 11.5. The number of carbonyl (C=O) groups is 1. The van der Waals surface area contributed by atoms with Gasteiger partial charge in [-0.25, -0.2) is 0 Å². The molecule has 0 N–H and O–H groups in total. The zero-order valence-electron chi connectivity index (χ0n) is 14.6. The summed E-state index contributed by atoms with van der Waals surface area (Å²) < 4.78 is 5.82. The van der Waals surface area contributed by atoms with Crippen LogP contribution in [0, 0.1) is 5.92 Å². The van der Waals surface area contributed by atoms with Crippen LogP contribution in [0.5, 0.6) is 0 Å². The summed E-state index contributed by atoms with van der Waals surface area (Å²) in [6.45, 7) is 2.31. The number of thioether (sulfide) groups is 1. The molecule has 0 saturated carbocycles. The molecule has 0 unspecified atom stereocenters. The lowest BCUT2D eigenvalue weighted by Gasteiger charge is -2.16. The number of ketones is 1. The number of thiophene rings is 2. The fourth-order valence-electron chi connectivity index (χ4n) is 3.13. The van der Waals surface area contributed by atoms with E-state index in [4.69, 9.17) is 4.42 Å². The third-order valence-electron chi connectivity index (χ3n) is 4.52. The molecule has 1 aliphatic rings. The molecule has 3 aromatic heterocycles. The van der Waals surface area contributed by atoms with E-state index in [0.29, 0.717) is 17.5 Å². The number of aryl methyl sites for hydroxylation is 1. The van der Waals surface area contributed by atoms with Crippen LogP contribution in [0.1, 0.15) is 46.3 Å². The molecule has 136 valence electrons. The molecule has 0 amide bonds. The highest BCUT2D eigenvalue weighted by molar-refractivity contribution is 7.99. The first-order chi connectivity index (χ1) is 12.7. The normalized spacial score (nSPS) is 16.6. The van der Waals surface area contributed by atoms with E-state index in [1.165, 1.54) is 40.0 Å². The van der Waals surface area contributed by atoms with Gasteiger partial charge in [-0.3, -0.25) is 4.79 Å². The number of hydrogen-bond acceptors (Lipinski definition) is 7. The van der Waals surface area contributed by atoms with Gasteiger partial charge in [-0.2, -0.15) is 0 Å². The lowest BCUT2D eigenvalue weighted by Crippen LogP contribution is -2.07. The zero-order valence-corrected chi connectivity index (χ0v) is 17.0. The van der Waals surface area contributed by atoms with Gasteiger partial charge in [0.1, 0.15) is 0 Å². The Kier molecular flexibility index (Phi) is 5.57. The van der Waals surface area contributed by atoms with Crippen LogP contribution in [0.2, 0.25) is 0 Å². The van der Waals surface area contributed by atoms with Crippen LogP contribution in [0.15, 0.2) is 33.2 Å². The highest BCUT2D eigenvalue weighted by Crippen LogP contribution is 2.37. The van der Waals surface area contributed by atoms with E-state index >= 15 is 0 Å². The number of rotatable bonds is 7. The summed E-state index contributed by atoms with van der Waals surface area (Å²) in [4.78, 5) is 15.4. The Morgan fingerprint density at radius 2 is 2.35 bits per heavy atom. The molecule has 0 saturated heterocycles. The Bertz CT molecular complexity index is 883. The van der Waals surface area contributed by atoms with E-state index in [-0.39, 0.29) is 5.78 Å². The number of carbonyl (C=O) groups excluding carboxylic acids is 1. The molecule has 0 aliphatic heterocycles. The molecule has 26 heavy (non-hydrogen) atoms. The molecule has 4 nitrogen and oxygen atoms in total. The summed E-state index contributed by atoms with van der Waals surface area (Å²) in [5.74, 6) is 2.40. The molecular formula is C19H20N2O2S3. The van der Waals surface area contributed by atoms with Crippen molar-refractivity contribution in [2.75, 3.05) is 5.75 Å². The summed E-state index contributed by atoms with van der Waals surface area (Å²) >= 11 is 4.81. The predicted octanol–water partition coefficient (Wildman–Crippen LogP) is 5.74. The van der Waals surface area contributed by atoms with Gasteiger partial charge in [0, 0.05) is 17.1 Å². The third kappa shape index (κ3) is 4.10. The summed E-state index contributed by atoms with van der Waals surface area (Å²) in [5, 5.41) is 10.9. The minimum atomic E-state index is 0.213. The van der Waals surface area contributed by atoms with Gasteiger partial charge in [-0.1, -0.05) is 24.8 Å². The number of aromatic nitrogens is 2. The van der Waals surface area contributed by atoms with Gasteiger partial charge in [0.15, 0.2) is 5.78 Å². The van der Waals surface area contributed by atoms with Gasteiger partial charge in [0.2, 0.25) is 0 Å². The fourth-order valence-corrected chi connectivity index (χ4v) is 5.66. The van der Waals surface area contributed by atoms with Crippen molar-refractivity contribution in [3.05, 3.63) is 38.9 Å². The summed E-state index contributed by atoms with van der Waals surface area (Å²) in [6.07, 6.45) is 4.95. The molecule has 0 fully saturated rings. The van der Waals surface area contributed by atoms with Crippen LogP contribution in [0.3, 0.4) is 0 Å². The standard InChI is InChI=1S/C19H20N2O2S3/c1-12-6-7-15-13(10-12)11-17(26-15)18-20-21-19(23-18)25-9-2-4-14(22)16-5-3-8-24-16/h3,5,8,11-12H,2,4,6-7,9-10H2,1H3/t12-/m0/s1. The molecule has 1 atom stereocenters. The maximum absolute atomic E-state index is 12.0. The van der Waals surface area contributed by atoms with Crippen molar-refractivity contribution in [2.24, 2.45) is 5.92 Å². The second-order valence-electron chi connectivity index (χ2n) is 6.63.